The molecule has 0 unspecified atom stereocenters. The molecule has 0 saturated heterocycles. The van der Waals surface area contributed by atoms with E-state index in [1.54, 1.807) is 17.4 Å². The van der Waals surface area contributed by atoms with E-state index in [9.17, 15) is 4.39 Å². The van der Waals surface area contributed by atoms with Gasteiger partial charge in [0.25, 0.3) is 0 Å². The molecular formula is C40H41FGeIrN2S-2. The normalized spacial score (nSPS) is 14.1. The Balaban J connectivity index is 0.000000188. The van der Waals surface area contributed by atoms with Crippen molar-refractivity contribution in [2.45, 2.75) is 69.1 Å². The number of pyridine rings is 2. The Morgan fingerprint density at radius 1 is 0.935 bits per heavy atom. The first-order chi connectivity index (χ1) is 22.0. The van der Waals surface area contributed by atoms with Gasteiger partial charge in [-0.25, -0.2) is 4.39 Å². The van der Waals surface area contributed by atoms with E-state index in [0.29, 0.717) is 5.39 Å². The third kappa shape index (κ3) is 7.87. The molecule has 1 radical (unpaired) electrons. The molecule has 0 aliphatic heterocycles. The molecule has 3 heterocycles. The number of halogens is 1. The van der Waals surface area contributed by atoms with Crippen LogP contribution in [0.5, 0.6) is 0 Å². The van der Waals surface area contributed by atoms with E-state index in [1.807, 2.05) is 68.7 Å². The third-order valence-corrected chi connectivity index (χ3v) is 14.1. The van der Waals surface area contributed by atoms with Gasteiger partial charge in [-0.2, -0.15) is 11.3 Å². The van der Waals surface area contributed by atoms with Gasteiger partial charge in [0.15, 0.2) is 0 Å². The van der Waals surface area contributed by atoms with Crippen molar-refractivity contribution in [3.05, 3.63) is 114 Å². The van der Waals surface area contributed by atoms with Gasteiger partial charge in [-0.05, 0) is 40.9 Å². The van der Waals surface area contributed by atoms with E-state index in [-0.39, 0.29) is 25.9 Å². The average molecular weight is 867 g/mol. The van der Waals surface area contributed by atoms with Crippen LogP contribution in [0.4, 0.5) is 4.39 Å². The van der Waals surface area contributed by atoms with Crippen molar-refractivity contribution < 1.29 is 25.9 Å². The van der Waals surface area contributed by atoms with Crippen LogP contribution in [-0.2, 0) is 26.5 Å². The van der Waals surface area contributed by atoms with Crippen LogP contribution in [0.25, 0.3) is 42.7 Å². The number of benzene rings is 3. The summed E-state index contributed by atoms with van der Waals surface area (Å²) < 4.78 is 26.2. The molecule has 2 nitrogen and oxygen atoms in total. The fourth-order valence-electron chi connectivity index (χ4n) is 6.34. The van der Waals surface area contributed by atoms with Gasteiger partial charge in [-0.15, -0.1) is 23.8 Å². The second-order valence-corrected chi connectivity index (χ2v) is 25.0. The first-order valence-corrected chi connectivity index (χ1v) is 24.1. The van der Waals surface area contributed by atoms with Crippen LogP contribution in [0.15, 0.2) is 85.2 Å². The molecule has 0 N–H and O–H groups in total. The average Bonchev–Trinajstić information content (AvgIpc) is 3.69. The smallest absolute Gasteiger partial charge is 0 e. The number of fused-ring (bicyclic) bond motifs is 3. The van der Waals surface area contributed by atoms with Crippen molar-refractivity contribution in [1.82, 2.24) is 9.97 Å². The zero-order valence-electron chi connectivity index (χ0n) is 28.2. The van der Waals surface area contributed by atoms with Gasteiger partial charge < -0.3 is 4.98 Å². The maximum atomic E-state index is 14.4. The molecule has 7 rings (SSSR count). The Morgan fingerprint density at radius 3 is 2.43 bits per heavy atom. The summed E-state index contributed by atoms with van der Waals surface area (Å²) >= 11 is -0.413. The van der Waals surface area contributed by atoms with Crippen molar-refractivity contribution in [2.75, 3.05) is 0 Å². The van der Waals surface area contributed by atoms with Gasteiger partial charge >= 0.3 is 120 Å². The van der Waals surface area contributed by atoms with Crippen LogP contribution < -0.4 is 4.40 Å². The van der Waals surface area contributed by atoms with Crippen LogP contribution in [0.3, 0.4) is 0 Å². The van der Waals surface area contributed by atoms with Gasteiger partial charge in [0.2, 0.25) is 0 Å². The molecule has 3 aromatic heterocycles. The van der Waals surface area contributed by atoms with E-state index in [1.165, 1.54) is 41.7 Å². The Morgan fingerprint density at radius 2 is 1.72 bits per heavy atom. The third-order valence-electron chi connectivity index (χ3n) is 8.71. The summed E-state index contributed by atoms with van der Waals surface area (Å²) in [5.41, 5.74) is 6.23. The van der Waals surface area contributed by atoms with Crippen molar-refractivity contribution in [1.29, 1.82) is 0 Å². The molecule has 0 spiro atoms. The van der Waals surface area contributed by atoms with E-state index in [4.69, 9.17) is 1.37 Å². The molecule has 239 valence electrons. The van der Waals surface area contributed by atoms with Crippen molar-refractivity contribution in [3.63, 3.8) is 0 Å². The van der Waals surface area contributed by atoms with E-state index >= 15 is 0 Å². The second kappa shape index (κ2) is 15.0. The first-order valence-electron chi connectivity index (χ1n) is 16.4. The summed E-state index contributed by atoms with van der Waals surface area (Å²) in [4.78, 5) is 9.18. The molecule has 3 aromatic carbocycles. The molecule has 46 heavy (non-hydrogen) atoms. The maximum Gasteiger partial charge on any atom is 0 e. The van der Waals surface area contributed by atoms with Crippen LogP contribution in [0.1, 0.15) is 57.9 Å². The molecule has 1 aliphatic rings. The van der Waals surface area contributed by atoms with Gasteiger partial charge in [-0.1, -0.05) is 48.8 Å². The summed E-state index contributed by atoms with van der Waals surface area (Å²) in [6.45, 7) is 3.91. The molecule has 1 saturated carbocycles. The maximum absolute atomic E-state index is 14.4. The molecule has 0 bridgehead atoms. The molecule has 0 amide bonds. The summed E-state index contributed by atoms with van der Waals surface area (Å²) in [5.74, 6) is 7.10. The summed E-state index contributed by atoms with van der Waals surface area (Å²) in [7, 11) is 0. The van der Waals surface area contributed by atoms with Gasteiger partial charge in [-0.3, -0.25) is 0 Å². The Labute approximate surface area is 295 Å². The summed E-state index contributed by atoms with van der Waals surface area (Å²) in [6, 6.07) is 30.1. The minimum Gasteiger partial charge on any atom is 0 e. The number of hydrogen-bond donors (Lipinski definition) is 0. The van der Waals surface area contributed by atoms with Crippen LogP contribution >= 0.6 is 11.3 Å². The topological polar surface area (TPSA) is 25.8 Å². The summed E-state index contributed by atoms with van der Waals surface area (Å²) in [5, 5.41) is 1.67. The number of aromatic nitrogens is 2. The SMILES string of the molecule is Fc1cccc2sc3c[c-]c(-c4cc(CC5CCCC5)ccn4)cc3c12.[2H]C(C)(C)c1cc(-c2[c-]cccc2)nc[c]1[Ge]([CH3])([CH3])[CH3].[Ir]. The van der Waals surface area contributed by atoms with Crippen LogP contribution in [0, 0.1) is 23.9 Å². The van der Waals surface area contributed by atoms with Gasteiger partial charge in [0, 0.05) is 36.4 Å². The number of hydrogen-bond acceptors (Lipinski definition) is 3. The van der Waals surface area contributed by atoms with Crippen molar-refractivity contribution >= 4 is 49.2 Å². The molecular weight excluding hydrogens is 824 g/mol. The molecule has 1 fully saturated rings. The summed E-state index contributed by atoms with van der Waals surface area (Å²) in [6.07, 6.45) is 10.4. The van der Waals surface area contributed by atoms with E-state index in [0.717, 1.165) is 55.2 Å². The van der Waals surface area contributed by atoms with Gasteiger partial charge in [0.1, 0.15) is 5.82 Å². The molecule has 6 heteroatoms. The predicted molar refractivity (Wildman–Crippen MR) is 193 cm³/mol. The Bertz CT molecular complexity index is 1970. The zero-order chi connectivity index (χ0) is 32.5. The van der Waals surface area contributed by atoms with Gasteiger partial charge in [0.05, 0.1) is 0 Å². The standard InChI is InChI=1S/C23H19FNS.C17H22GeN.Ir/c24-19-6-3-7-22-23(19)18-14-17(8-9-21(18)26-22)20-13-16(10-11-25-20)12-15-4-1-2-5-15;1-13(2)15-11-17(14-9-7-6-8-10-14)19-12-16(15)18(3,4)5;/h3,6-7,9-11,13-15H,1-2,4-5,12H2;6-9,11-13H,1-5H3;/q2*-1;/i;13D;. The fraction of sp³-hybridized carbons (Fsp3) is 0.300. The Kier molecular flexibility index (Phi) is 10.8. The second-order valence-electron chi connectivity index (χ2n) is 13.4. The van der Waals surface area contributed by atoms with Crippen molar-refractivity contribution in [2.24, 2.45) is 5.92 Å². The minimum atomic E-state index is -2.03. The fourth-order valence-corrected chi connectivity index (χ4v) is 10.7. The first kappa shape index (κ1) is 33.2. The number of thiophene rings is 1. The molecule has 6 aromatic rings. The number of nitrogens with zero attached hydrogens (tertiary/aromatic N) is 2. The minimum absolute atomic E-state index is 0. The van der Waals surface area contributed by atoms with Crippen molar-refractivity contribution in [3.8, 4) is 22.5 Å². The van der Waals surface area contributed by atoms with Crippen LogP contribution in [0.2, 0.25) is 17.3 Å². The van der Waals surface area contributed by atoms with Crippen LogP contribution in [-0.4, -0.2) is 23.2 Å². The zero-order valence-corrected chi connectivity index (χ0v) is 32.5. The largest absolute Gasteiger partial charge is 0 e. The van der Waals surface area contributed by atoms with E-state index < -0.39 is 19.2 Å². The molecule has 0 atom stereocenters. The predicted octanol–water partition coefficient (Wildman–Crippen LogP) is 11.0. The monoisotopic (exact) mass is 868 g/mol. The molecule has 1 aliphatic carbocycles. The quantitative estimate of drug-likeness (QED) is 0.123. The van der Waals surface area contributed by atoms with E-state index in [2.05, 4.69) is 57.6 Å². The number of rotatable bonds is 6. The Hall–Kier alpha value is -2.70.